The summed E-state index contributed by atoms with van der Waals surface area (Å²) in [7, 11) is 0. The van der Waals surface area contributed by atoms with Crippen molar-refractivity contribution in [3.63, 3.8) is 0 Å². The van der Waals surface area contributed by atoms with Crippen molar-refractivity contribution < 1.29 is 14.4 Å². The standard InChI is InChI=1S/C19H18ClN3O3/c1-2-12-5-3-4-6-16(12)22-17(24)15-11-21-19(26)23(18(15)25)14-9-7-13(20)8-10-14/h3-10,15H,2,11H2,1H3,(H,21,26)(H,22,24). The largest absolute Gasteiger partial charge is 0.336 e. The number of hydrogen-bond acceptors (Lipinski definition) is 3. The van der Waals surface area contributed by atoms with Crippen molar-refractivity contribution in [3.05, 3.63) is 59.1 Å². The van der Waals surface area contributed by atoms with Crippen LogP contribution in [0, 0.1) is 5.92 Å². The number of nitrogens with one attached hydrogen (secondary N) is 2. The normalized spacial score (nSPS) is 17.0. The zero-order valence-corrected chi connectivity index (χ0v) is 14.9. The molecule has 0 radical (unpaired) electrons. The maximum absolute atomic E-state index is 12.8. The molecule has 2 aromatic carbocycles. The lowest BCUT2D eigenvalue weighted by Gasteiger charge is -2.30. The van der Waals surface area contributed by atoms with Crippen molar-refractivity contribution in [1.82, 2.24) is 5.32 Å². The molecule has 1 fully saturated rings. The summed E-state index contributed by atoms with van der Waals surface area (Å²) in [6.45, 7) is 1.95. The molecule has 1 unspecified atom stereocenters. The molecular formula is C19H18ClN3O3. The van der Waals surface area contributed by atoms with Crippen LogP contribution in [-0.4, -0.2) is 24.4 Å². The van der Waals surface area contributed by atoms with Gasteiger partial charge in [-0.05, 0) is 42.3 Å². The third-order valence-electron chi connectivity index (χ3n) is 4.24. The number of urea groups is 1. The summed E-state index contributed by atoms with van der Waals surface area (Å²) in [5, 5.41) is 5.88. The van der Waals surface area contributed by atoms with E-state index in [0.29, 0.717) is 16.4 Å². The van der Waals surface area contributed by atoms with Crippen molar-refractivity contribution in [1.29, 1.82) is 0 Å². The van der Waals surface area contributed by atoms with E-state index >= 15 is 0 Å². The average Bonchev–Trinajstić information content (AvgIpc) is 2.63. The van der Waals surface area contributed by atoms with Gasteiger partial charge in [0.2, 0.25) is 11.8 Å². The first kappa shape index (κ1) is 17.9. The minimum Gasteiger partial charge on any atom is -0.336 e. The molecule has 4 amide bonds. The van der Waals surface area contributed by atoms with E-state index in [1.54, 1.807) is 30.3 Å². The molecule has 7 heteroatoms. The third-order valence-corrected chi connectivity index (χ3v) is 4.49. The third kappa shape index (κ3) is 3.55. The first-order valence-corrected chi connectivity index (χ1v) is 8.65. The summed E-state index contributed by atoms with van der Waals surface area (Å²) >= 11 is 5.85. The molecule has 0 aromatic heterocycles. The van der Waals surface area contributed by atoms with Gasteiger partial charge in [-0.15, -0.1) is 0 Å². The summed E-state index contributed by atoms with van der Waals surface area (Å²) in [6, 6.07) is 13.1. The zero-order valence-electron chi connectivity index (χ0n) is 14.2. The van der Waals surface area contributed by atoms with Crippen LogP contribution in [0.15, 0.2) is 48.5 Å². The number of aryl methyl sites for hydroxylation is 1. The zero-order chi connectivity index (χ0) is 18.7. The molecular weight excluding hydrogens is 354 g/mol. The first-order chi connectivity index (χ1) is 12.5. The first-order valence-electron chi connectivity index (χ1n) is 8.27. The minimum atomic E-state index is -1.01. The molecule has 0 aliphatic carbocycles. The quantitative estimate of drug-likeness (QED) is 0.810. The van der Waals surface area contributed by atoms with Crippen LogP contribution in [0.5, 0.6) is 0 Å². The Bertz CT molecular complexity index is 851. The summed E-state index contributed by atoms with van der Waals surface area (Å²) in [4.78, 5) is 38.5. The van der Waals surface area contributed by atoms with Crippen LogP contribution in [0.1, 0.15) is 12.5 Å². The van der Waals surface area contributed by atoms with Crippen molar-refractivity contribution >= 4 is 40.8 Å². The van der Waals surface area contributed by atoms with Gasteiger partial charge in [0.15, 0.2) is 0 Å². The molecule has 1 saturated heterocycles. The fourth-order valence-electron chi connectivity index (χ4n) is 2.82. The average molecular weight is 372 g/mol. The van der Waals surface area contributed by atoms with E-state index in [1.165, 1.54) is 0 Å². The summed E-state index contributed by atoms with van der Waals surface area (Å²) in [6.07, 6.45) is 0.753. The van der Waals surface area contributed by atoms with Crippen LogP contribution in [0.25, 0.3) is 0 Å². The second kappa shape index (κ2) is 7.58. The van der Waals surface area contributed by atoms with Crippen LogP contribution in [0.3, 0.4) is 0 Å². The van der Waals surface area contributed by atoms with Gasteiger partial charge in [0.25, 0.3) is 0 Å². The number of amides is 4. The Kier molecular flexibility index (Phi) is 5.23. The van der Waals surface area contributed by atoms with Crippen molar-refractivity contribution in [2.24, 2.45) is 5.92 Å². The Hall–Kier alpha value is -2.86. The van der Waals surface area contributed by atoms with Gasteiger partial charge in [-0.25, -0.2) is 9.69 Å². The lowest BCUT2D eigenvalue weighted by molar-refractivity contribution is -0.130. The molecule has 6 nitrogen and oxygen atoms in total. The van der Waals surface area contributed by atoms with Gasteiger partial charge in [-0.3, -0.25) is 9.59 Å². The van der Waals surface area contributed by atoms with Gasteiger partial charge in [-0.1, -0.05) is 36.7 Å². The molecule has 2 N–H and O–H groups in total. The molecule has 0 saturated carbocycles. The maximum atomic E-state index is 12.8. The Balaban J connectivity index is 1.81. The Morgan fingerprint density at radius 1 is 1.19 bits per heavy atom. The van der Waals surface area contributed by atoms with Crippen LogP contribution >= 0.6 is 11.6 Å². The second-order valence-electron chi connectivity index (χ2n) is 5.89. The summed E-state index contributed by atoms with van der Waals surface area (Å²) in [5.41, 5.74) is 2.01. The molecule has 1 atom stereocenters. The Morgan fingerprint density at radius 2 is 1.88 bits per heavy atom. The van der Waals surface area contributed by atoms with Gasteiger partial charge in [0.1, 0.15) is 5.92 Å². The highest BCUT2D eigenvalue weighted by atomic mass is 35.5. The minimum absolute atomic E-state index is 0.0398. The summed E-state index contributed by atoms with van der Waals surface area (Å²) < 4.78 is 0. The molecule has 134 valence electrons. The second-order valence-corrected chi connectivity index (χ2v) is 6.33. The van der Waals surface area contributed by atoms with E-state index in [9.17, 15) is 14.4 Å². The topological polar surface area (TPSA) is 78.5 Å². The fourth-order valence-corrected chi connectivity index (χ4v) is 2.95. The lowest BCUT2D eigenvalue weighted by Crippen LogP contribution is -2.58. The highest BCUT2D eigenvalue weighted by molar-refractivity contribution is 6.30. The van der Waals surface area contributed by atoms with Crippen molar-refractivity contribution in [3.8, 4) is 0 Å². The highest BCUT2D eigenvalue weighted by Gasteiger charge is 2.39. The molecule has 1 aliphatic rings. The molecule has 0 spiro atoms. The van der Waals surface area contributed by atoms with E-state index in [4.69, 9.17) is 11.6 Å². The number of imide groups is 1. The fraction of sp³-hybridized carbons (Fsp3) is 0.211. The highest BCUT2D eigenvalue weighted by Crippen LogP contribution is 2.23. The number of halogens is 1. The molecule has 1 aliphatic heterocycles. The smallest absolute Gasteiger partial charge is 0.328 e. The number of para-hydroxylation sites is 1. The van der Waals surface area contributed by atoms with Crippen molar-refractivity contribution in [2.45, 2.75) is 13.3 Å². The number of nitrogens with zero attached hydrogens (tertiary/aromatic N) is 1. The molecule has 3 rings (SSSR count). The van der Waals surface area contributed by atoms with Crippen LogP contribution < -0.4 is 15.5 Å². The predicted molar refractivity (Wildman–Crippen MR) is 100 cm³/mol. The molecule has 0 bridgehead atoms. The number of hydrogen-bond donors (Lipinski definition) is 2. The van der Waals surface area contributed by atoms with E-state index in [2.05, 4.69) is 10.6 Å². The van der Waals surface area contributed by atoms with Gasteiger partial charge in [0.05, 0.1) is 5.69 Å². The van der Waals surface area contributed by atoms with Crippen LogP contribution in [0.2, 0.25) is 5.02 Å². The Labute approximate surface area is 156 Å². The number of anilines is 2. The monoisotopic (exact) mass is 371 g/mol. The van der Waals surface area contributed by atoms with E-state index in [-0.39, 0.29) is 6.54 Å². The van der Waals surface area contributed by atoms with E-state index in [0.717, 1.165) is 16.9 Å². The number of benzene rings is 2. The maximum Gasteiger partial charge on any atom is 0.328 e. The van der Waals surface area contributed by atoms with Crippen LogP contribution in [0.4, 0.5) is 16.2 Å². The van der Waals surface area contributed by atoms with Crippen molar-refractivity contribution in [2.75, 3.05) is 16.8 Å². The number of carbonyl (C=O) groups is 3. The molecule has 1 heterocycles. The summed E-state index contributed by atoms with van der Waals surface area (Å²) in [5.74, 6) is -2.02. The van der Waals surface area contributed by atoms with Gasteiger partial charge < -0.3 is 10.6 Å². The van der Waals surface area contributed by atoms with Gasteiger partial charge in [-0.2, -0.15) is 0 Å². The number of rotatable bonds is 4. The van der Waals surface area contributed by atoms with E-state index in [1.807, 2.05) is 25.1 Å². The lowest BCUT2D eigenvalue weighted by atomic mass is 10.0. The van der Waals surface area contributed by atoms with Crippen LogP contribution in [-0.2, 0) is 16.0 Å². The predicted octanol–water partition coefficient (Wildman–Crippen LogP) is 3.21. The van der Waals surface area contributed by atoms with Gasteiger partial charge >= 0.3 is 6.03 Å². The molecule has 26 heavy (non-hydrogen) atoms. The van der Waals surface area contributed by atoms with Gasteiger partial charge in [0, 0.05) is 17.3 Å². The molecule has 2 aromatic rings. The van der Waals surface area contributed by atoms with E-state index < -0.39 is 23.8 Å². The Morgan fingerprint density at radius 3 is 2.58 bits per heavy atom. The number of carbonyl (C=O) groups excluding carboxylic acids is 3. The SMILES string of the molecule is CCc1ccccc1NC(=O)C1CNC(=O)N(c2ccc(Cl)cc2)C1=O.